The summed E-state index contributed by atoms with van der Waals surface area (Å²) in [5, 5.41) is 4.42. The summed E-state index contributed by atoms with van der Waals surface area (Å²) >= 11 is 1.20. The van der Waals surface area contributed by atoms with Gasteiger partial charge < -0.3 is 9.64 Å². The lowest BCUT2D eigenvalue weighted by atomic mass is 10.1. The van der Waals surface area contributed by atoms with Crippen LogP contribution in [0, 0.1) is 0 Å². The van der Waals surface area contributed by atoms with E-state index in [1.54, 1.807) is 4.90 Å². The average molecular weight is 447 g/mol. The maximum absolute atomic E-state index is 13.2. The lowest BCUT2D eigenvalue weighted by Gasteiger charge is -2.13. The van der Waals surface area contributed by atoms with Crippen molar-refractivity contribution in [2.45, 2.75) is 26.7 Å². The number of hydrogen-bond acceptors (Lipinski definition) is 6. The van der Waals surface area contributed by atoms with Gasteiger partial charge in [-0.1, -0.05) is 42.9 Å². The smallest absolute Gasteiger partial charge is 0.291 e. The second-order valence-electron chi connectivity index (χ2n) is 7.53. The van der Waals surface area contributed by atoms with E-state index < -0.39 is 0 Å². The maximum atomic E-state index is 13.2. The molecule has 162 valence electrons. The Labute approximate surface area is 188 Å². The van der Waals surface area contributed by atoms with Crippen LogP contribution in [0.4, 0.5) is 5.69 Å². The number of aromatic nitrogens is 3. The average Bonchev–Trinajstić information content (AvgIpc) is 3.44. The fraction of sp³-hybridized carbons (Fsp3) is 0.250. The first-order valence-electron chi connectivity index (χ1n) is 10.7. The lowest BCUT2D eigenvalue weighted by Crippen LogP contribution is -2.32. The van der Waals surface area contributed by atoms with E-state index >= 15 is 0 Å². The zero-order valence-electron chi connectivity index (χ0n) is 17.9. The van der Waals surface area contributed by atoms with Crippen molar-refractivity contribution in [2.24, 2.45) is 0 Å². The van der Waals surface area contributed by atoms with Crippen molar-refractivity contribution >= 4 is 33.5 Å². The van der Waals surface area contributed by atoms with Gasteiger partial charge in [0.25, 0.3) is 11.5 Å². The van der Waals surface area contributed by atoms with Crippen molar-refractivity contribution in [1.82, 2.24) is 14.6 Å². The molecule has 32 heavy (non-hydrogen) atoms. The molecule has 0 bridgehead atoms. The molecular weight excluding hydrogens is 424 g/mol. The summed E-state index contributed by atoms with van der Waals surface area (Å²) in [6.07, 6.45) is 2.09. The highest BCUT2D eigenvalue weighted by Gasteiger charge is 2.33. The van der Waals surface area contributed by atoms with Gasteiger partial charge in [0.15, 0.2) is 5.82 Å². The number of carbonyl (C=O) groups excluding carboxylic acids is 1. The highest BCUT2D eigenvalue weighted by molar-refractivity contribution is 7.15. The molecule has 1 amide bonds. The minimum atomic E-state index is -0.320. The van der Waals surface area contributed by atoms with Gasteiger partial charge in [0.2, 0.25) is 4.96 Å². The van der Waals surface area contributed by atoms with Crippen LogP contribution in [0.2, 0.25) is 0 Å². The van der Waals surface area contributed by atoms with Crippen LogP contribution in [0.5, 0.6) is 5.75 Å². The van der Waals surface area contributed by atoms with E-state index in [9.17, 15) is 9.59 Å². The number of unbranched alkanes of at least 4 members (excludes halogenated alkanes) is 1. The Morgan fingerprint density at radius 3 is 2.53 bits per heavy atom. The molecule has 2 aromatic carbocycles. The lowest BCUT2D eigenvalue weighted by molar-refractivity contribution is -0.113. The molecular formula is C24H22N4O3S. The molecule has 1 aliphatic rings. The third kappa shape index (κ3) is 3.27. The number of likely N-dealkylation sites (N-methyl/N-ethyl adjacent to an activating group) is 1. The number of ether oxygens (including phenoxy) is 1. The molecule has 0 unspecified atom stereocenters. The molecule has 0 atom stereocenters. The Bertz CT molecular complexity index is 1420. The molecule has 0 N–H and O–H groups in total. The fourth-order valence-electron chi connectivity index (χ4n) is 3.86. The van der Waals surface area contributed by atoms with Gasteiger partial charge in [-0.15, -0.1) is 5.10 Å². The van der Waals surface area contributed by atoms with Crippen LogP contribution in [0.3, 0.4) is 0 Å². The molecule has 0 aliphatic carbocycles. The molecule has 0 spiro atoms. The molecule has 8 heteroatoms. The van der Waals surface area contributed by atoms with Crippen LogP contribution in [0.25, 0.3) is 21.9 Å². The monoisotopic (exact) mass is 446 g/mol. The zero-order valence-corrected chi connectivity index (χ0v) is 18.7. The summed E-state index contributed by atoms with van der Waals surface area (Å²) in [4.78, 5) is 32.9. The van der Waals surface area contributed by atoms with Crippen molar-refractivity contribution in [3.63, 3.8) is 0 Å². The van der Waals surface area contributed by atoms with Gasteiger partial charge in [-0.2, -0.15) is 9.50 Å². The van der Waals surface area contributed by atoms with Gasteiger partial charge in [0.1, 0.15) is 10.3 Å². The third-order valence-electron chi connectivity index (χ3n) is 5.50. The standard InChI is InChI=1S/C24H22N4O3S/c1-3-5-14-31-16-12-10-15(11-13-16)21-25-24-28(26-21)23(30)20(32-24)19-17-8-6-7-9-18(17)27(4-2)22(19)29/h6-13H,3-5,14H2,1-2H3/b20-19+. The van der Waals surface area contributed by atoms with Crippen molar-refractivity contribution in [3.05, 3.63) is 69.0 Å². The largest absolute Gasteiger partial charge is 0.494 e. The third-order valence-corrected chi connectivity index (χ3v) is 6.53. The summed E-state index contributed by atoms with van der Waals surface area (Å²) < 4.78 is 7.36. The number of hydrogen-bond donors (Lipinski definition) is 0. The molecule has 5 rings (SSSR count). The van der Waals surface area contributed by atoms with Gasteiger partial charge in [-0.05, 0) is 43.7 Å². The van der Waals surface area contributed by atoms with Crippen LogP contribution < -0.4 is 19.7 Å². The topological polar surface area (TPSA) is 76.8 Å². The SMILES string of the molecule is CCCCOc1ccc(-c2nc3s/c(=C4/C(=O)N(CC)c5ccccc54)c(=O)n3n2)cc1. The summed E-state index contributed by atoms with van der Waals surface area (Å²) in [7, 11) is 0. The van der Waals surface area contributed by atoms with E-state index in [0.717, 1.165) is 35.4 Å². The van der Waals surface area contributed by atoms with Gasteiger partial charge in [0.05, 0.1) is 17.9 Å². The molecule has 0 saturated heterocycles. The predicted molar refractivity (Wildman–Crippen MR) is 125 cm³/mol. The minimum absolute atomic E-state index is 0.158. The number of benzene rings is 2. The summed E-state index contributed by atoms with van der Waals surface area (Å²) in [5.74, 6) is 1.11. The summed E-state index contributed by atoms with van der Waals surface area (Å²) in [5.41, 5.74) is 2.52. The van der Waals surface area contributed by atoms with Gasteiger partial charge in [-0.25, -0.2) is 0 Å². The molecule has 2 aromatic heterocycles. The second kappa shape index (κ2) is 8.20. The first-order valence-corrected chi connectivity index (χ1v) is 11.5. The maximum Gasteiger partial charge on any atom is 0.291 e. The first kappa shape index (κ1) is 20.4. The Morgan fingerprint density at radius 2 is 1.81 bits per heavy atom. The van der Waals surface area contributed by atoms with E-state index in [1.165, 1.54) is 15.9 Å². The summed E-state index contributed by atoms with van der Waals surface area (Å²) in [6, 6.07) is 15.1. The van der Waals surface area contributed by atoms with Crippen molar-refractivity contribution < 1.29 is 9.53 Å². The van der Waals surface area contributed by atoms with Crippen LogP contribution in [-0.4, -0.2) is 33.7 Å². The van der Waals surface area contributed by atoms with E-state index in [4.69, 9.17) is 4.74 Å². The summed E-state index contributed by atoms with van der Waals surface area (Å²) in [6.45, 7) is 5.27. The molecule has 7 nitrogen and oxygen atoms in total. The number of anilines is 1. The number of carbonyl (C=O) groups is 1. The number of nitrogens with zero attached hydrogens (tertiary/aromatic N) is 4. The van der Waals surface area contributed by atoms with E-state index in [0.29, 0.717) is 34.0 Å². The Morgan fingerprint density at radius 1 is 1.03 bits per heavy atom. The first-order chi connectivity index (χ1) is 15.6. The molecule has 4 aromatic rings. The van der Waals surface area contributed by atoms with Gasteiger partial charge >= 0.3 is 0 Å². The van der Waals surface area contributed by atoms with Crippen molar-refractivity contribution in [3.8, 4) is 17.1 Å². The number of amides is 1. The molecule has 0 saturated carbocycles. The van der Waals surface area contributed by atoms with Gasteiger partial charge in [0, 0.05) is 17.7 Å². The predicted octanol–water partition coefficient (Wildman–Crippen LogP) is 3.28. The molecule has 1 aliphatic heterocycles. The van der Waals surface area contributed by atoms with Crippen LogP contribution in [-0.2, 0) is 4.79 Å². The molecule has 0 fully saturated rings. The normalized spacial score (nSPS) is 14.9. The highest BCUT2D eigenvalue weighted by atomic mass is 32.1. The van der Waals surface area contributed by atoms with Gasteiger partial charge in [-0.3, -0.25) is 9.59 Å². The van der Waals surface area contributed by atoms with Crippen molar-refractivity contribution in [1.29, 1.82) is 0 Å². The Hall–Kier alpha value is -3.52. The molecule has 0 radical (unpaired) electrons. The second-order valence-corrected chi connectivity index (χ2v) is 8.51. The number of rotatable bonds is 6. The number of fused-ring (bicyclic) bond motifs is 2. The fourth-order valence-corrected chi connectivity index (χ4v) is 4.85. The molecule has 3 heterocycles. The highest BCUT2D eigenvalue weighted by Crippen LogP contribution is 2.34. The quantitative estimate of drug-likeness (QED) is 0.425. The van der Waals surface area contributed by atoms with E-state index in [1.807, 2.05) is 55.5 Å². The van der Waals surface area contributed by atoms with E-state index in [2.05, 4.69) is 17.0 Å². The van der Waals surface area contributed by atoms with Crippen LogP contribution >= 0.6 is 11.3 Å². The minimum Gasteiger partial charge on any atom is -0.494 e. The van der Waals surface area contributed by atoms with Crippen LogP contribution in [0.1, 0.15) is 32.3 Å². The number of para-hydroxylation sites is 1. The van der Waals surface area contributed by atoms with Crippen LogP contribution in [0.15, 0.2) is 53.3 Å². The number of thiazole rings is 1. The van der Waals surface area contributed by atoms with Crippen molar-refractivity contribution in [2.75, 3.05) is 18.1 Å². The van der Waals surface area contributed by atoms with E-state index in [-0.39, 0.29) is 11.5 Å². The Balaban J connectivity index is 1.54. The Kier molecular flexibility index (Phi) is 5.22. The zero-order chi connectivity index (χ0) is 22.2.